The summed E-state index contributed by atoms with van der Waals surface area (Å²) < 4.78 is 5.21. The number of anilines is 1. The molecule has 134 valence electrons. The molecule has 26 heavy (non-hydrogen) atoms. The average molecular weight is 367 g/mol. The van der Waals surface area contributed by atoms with Crippen molar-refractivity contribution in [1.29, 1.82) is 5.26 Å². The van der Waals surface area contributed by atoms with Crippen LogP contribution in [0.4, 0.5) is 5.69 Å². The highest BCUT2D eigenvalue weighted by Gasteiger charge is 2.26. The molecule has 0 atom stereocenters. The zero-order valence-electron chi connectivity index (χ0n) is 14.9. The first-order chi connectivity index (χ1) is 12.6. The molecule has 1 aliphatic rings. The Hall–Kier alpha value is -2.65. The summed E-state index contributed by atoms with van der Waals surface area (Å²) in [5.41, 5.74) is 2.89. The molecule has 5 nitrogen and oxygen atoms in total. The van der Waals surface area contributed by atoms with Gasteiger partial charge in [-0.15, -0.1) is 11.3 Å². The molecule has 0 aliphatic heterocycles. The summed E-state index contributed by atoms with van der Waals surface area (Å²) in [4.78, 5) is 16.5. The zero-order chi connectivity index (χ0) is 18.5. The number of allylic oxidation sites excluding steroid dienone is 1. The van der Waals surface area contributed by atoms with Crippen LogP contribution in [0.1, 0.15) is 53.7 Å². The molecule has 3 rings (SSSR count). The molecule has 0 unspecified atom stereocenters. The second-order valence-corrected chi connectivity index (χ2v) is 7.59. The van der Waals surface area contributed by atoms with Gasteiger partial charge in [-0.25, -0.2) is 9.78 Å². The van der Waals surface area contributed by atoms with Crippen LogP contribution in [0.2, 0.25) is 0 Å². The first-order valence-corrected chi connectivity index (χ1v) is 9.54. The fourth-order valence-electron chi connectivity index (χ4n) is 2.30. The minimum absolute atomic E-state index is 0.306. The van der Waals surface area contributed by atoms with E-state index in [-0.39, 0.29) is 5.97 Å². The SMILES string of the molecule is CC(C)COC(=O)c1ccc(NC=C(C#N)c2nc(C3CC3)cs2)cc1. The van der Waals surface area contributed by atoms with Crippen LogP contribution in [-0.2, 0) is 4.74 Å². The highest BCUT2D eigenvalue weighted by molar-refractivity contribution is 7.10. The van der Waals surface area contributed by atoms with Crippen LogP contribution in [-0.4, -0.2) is 17.6 Å². The van der Waals surface area contributed by atoms with Crippen molar-refractivity contribution in [2.24, 2.45) is 5.92 Å². The van der Waals surface area contributed by atoms with Crippen molar-refractivity contribution in [1.82, 2.24) is 4.98 Å². The quantitative estimate of drug-likeness (QED) is 0.561. The molecule has 1 saturated carbocycles. The lowest BCUT2D eigenvalue weighted by Gasteiger charge is -2.07. The Balaban J connectivity index is 1.62. The van der Waals surface area contributed by atoms with E-state index in [9.17, 15) is 10.1 Å². The van der Waals surface area contributed by atoms with Gasteiger partial charge in [0, 0.05) is 23.2 Å². The first kappa shape index (κ1) is 18.2. The van der Waals surface area contributed by atoms with Gasteiger partial charge in [0.2, 0.25) is 0 Å². The van der Waals surface area contributed by atoms with Crippen LogP contribution in [0.3, 0.4) is 0 Å². The van der Waals surface area contributed by atoms with Crippen LogP contribution in [0.15, 0.2) is 35.8 Å². The van der Waals surface area contributed by atoms with Crippen molar-refractivity contribution in [3.8, 4) is 6.07 Å². The molecule has 0 saturated heterocycles. The molecule has 1 N–H and O–H groups in total. The van der Waals surface area contributed by atoms with Crippen LogP contribution in [0.25, 0.3) is 5.57 Å². The standard InChI is InChI=1S/C20H21N3O2S/c1-13(2)11-25-20(24)15-5-7-17(8-6-15)22-10-16(9-21)19-23-18(12-26-19)14-3-4-14/h5-8,10,12-14,22H,3-4,11H2,1-2H3. The Kier molecular flexibility index (Phi) is 5.69. The highest BCUT2D eigenvalue weighted by atomic mass is 32.1. The monoisotopic (exact) mass is 367 g/mol. The van der Waals surface area contributed by atoms with Gasteiger partial charge >= 0.3 is 5.97 Å². The Morgan fingerprint density at radius 1 is 1.42 bits per heavy atom. The third kappa shape index (κ3) is 4.70. The van der Waals surface area contributed by atoms with Crippen LogP contribution < -0.4 is 5.32 Å². The molecule has 1 aromatic heterocycles. The lowest BCUT2D eigenvalue weighted by molar-refractivity contribution is 0.0459. The second-order valence-electron chi connectivity index (χ2n) is 6.74. The number of hydrogen-bond donors (Lipinski definition) is 1. The second kappa shape index (κ2) is 8.15. The third-order valence-corrected chi connectivity index (χ3v) is 4.81. The lowest BCUT2D eigenvalue weighted by Crippen LogP contribution is -2.10. The van der Waals surface area contributed by atoms with E-state index in [0.29, 0.717) is 29.6 Å². The molecular weight excluding hydrogens is 346 g/mol. The van der Waals surface area contributed by atoms with Gasteiger partial charge in [-0.2, -0.15) is 5.26 Å². The molecule has 1 heterocycles. The van der Waals surface area contributed by atoms with E-state index in [1.54, 1.807) is 30.5 Å². The van der Waals surface area contributed by atoms with Gasteiger partial charge in [-0.1, -0.05) is 13.8 Å². The molecule has 6 heteroatoms. The summed E-state index contributed by atoms with van der Waals surface area (Å²) in [6, 6.07) is 9.18. The smallest absolute Gasteiger partial charge is 0.338 e. The molecular formula is C20H21N3O2S. The fourth-order valence-corrected chi connectivity index (χ4v) is 3.17. The van der Waals surface area contributed by atoms with Crippen LogP contribution in [0, 0.1) is 17.2 Å². The maximum Gasteiger partial charge on any atom is 0.338 e. The summed E-state index contributed by atoms with van der Waals surface area (Å²) >= 11 is 1.50. The van der Waals surface area contributed by atoms with Gasteiger partial charge in [0.05, 0.1) is 17.9 Å². The predicted octanol–water partition coefficient (Wildman–Crippen LogP) is 4.81. The topological polar surface area (TPSA) is 75.0 Å². The van der Waals surface area contributed by atoms with Crippen LogP contribution in [0.5, 0.6) is 0 Å². The molecule has 0 bridgehead atoms. The van der Waals surface area contributed by atoms with E-state index in [1.165, 1.54) is 24.2 Å². The molecule has 2 aromatic rings. The summed E-state index contributed by atoms with van der Waals surface area (Å²) in [6.07, 6.45) is 4.04. The number of nitriles is 1. The maximum absolute atomic E-state index is 11.9. The number of aromatic nitrogens is 1. The van der Waals surface area contributed by atoms with Gasteiger partial charge < -0.3 is 10.1 Å². The fraction of sp³-hybridized carbons (Fsp3) is 0.350. The molecule has 0 spiro atoms. The minimum atomic E-state index is -0.325. The maximum atomic E-state index is 11.9. The number of esters is 1. The Morgan fingerprint density at radius 2 is 2.15 bits per heavy atom. The van der Waals surface area contributed by atoms with Crippen molar-refractivity contribution in [3.63, 3.8) is 0 Å². The number of carbonyl (C=O) groups excluding carboxylic acids is 1. The predicted molar refractivity (Wildman–Crippen MR) is 103 cm³/mol. The van der Waals surface area contributed by atoms with Gasteiger partial charge in [0.15, 0.2) is 0 Å². The molecule has 1 fully saturated rings. The van der Waals surface area contributed by atoms with E-state index in [0.717, 1.165) is 16.4 Å². The number of benzene rings is 1. The van der Waals surface area contributed by atoms with E-state index >= 15 is 0 Å². The highest BCUT2D eigenvalue weighted by Crippen LogP contribution is 2.40. The Labute approximate surface area is 157 Å². The number of hydrogen-bond acceptors (Lipinski definition) is 6. The van der Waals surface area contributed by atoms with Crippen molar-refractivity contribution in [3.05, 3.63) is 52.1 Å². The zero-order valence-corrected chi connectivity index (χ0v) is 15.7. The summed E-state index contributed by atoms with van der Waals surface area (Å²) in [6.45, 7) is 4.40. The largest absolute Gasteiger partial charge is 0.462 e. The number of thiazole rings is 1. The van der Waals surface area contributed by atoms with Gasteiger partial charge in [0.1, 0.15) is 16.6 Å². The number of ether oxygens (including phenoxy) is 1. The van der Waals surface area contributed by atoms with Gasteiger partial charge in [-0.3, -0.25) is 0 Å². The lowest BCUT2D eigenvalue weighted by atomic mass is 10.2. The number of nitrogens with zero attached hydrogens (tertiary/aromatic N) is 2. The summed E-state index contributed by atoms with van der Waals surface area (Å²) in [5, 5.41) is 15.3. The van der Waals surface area contributed by atoms with Crippen LogP contribution >= 0.6 is 11.3 Å². The molecule has 0 radical (unpaired) electrons. The summed E-state index contributed by atoms with van der Waals surface area (Å²) in [5.74, 6) is 0.561. The normalized spacial score (nSPS) is 14.2. The van der Waals surface area contributed by atoms with Crippen molar-refractivity contribution in [2.45, 2.75) is 32.6 Å². The van der Waals surface area contributed by atoms with E-state index in [2.05, 4.69) is 16.4 Å². The van der Waals surface area contributed by atoms with E-state index in [1.807, 2.05) is 19.2 Å². The number of nitrogens with one attached hydrogen (secondary N) is 1. The van der Waals surface area contributed by atoms with E-state index < -0.39 is 0 Å². The molecule has 1 aliphatic carbocycles. The molecule has 0 amide bonds. The van der Waals surface area contributed by atoms with Gasteiger partial charge in [0.25, 0.3) is 0 Å². The minimum Gasteiger partial charge on any atom is -0.462 e. The van der Waals surface area contributed by atoms with Gasteiger partial charge in [-0.05, 0) is 43.0 Å². The Morgan fingerprint density at radius 3 is 2.77 bits per heavy atom. The Bertz CT molecular complexity index is 843. The van der Waals surface area contributed by atoms with Crippen molar-refractivity contribution in [2.75, 3.05) is 11.9 Å². The number of rotatable bonds is 7. The van der Waals surface area contributed by atoms with Crippen molar-refractivity contribution >= 4 is 28.6 Å². The number of carbonyl (C=O) groups is 1. The van der Waals surface area contributed by atoms with E-state index in [4.69, 9.17) is 4.74 Å². The third-order valence-electron chi connectivity index (χ3n) is 3.92. The average Bonchev–Trinajstić information content (AvgIpc) is 3.39. The first-order valence-electron chi connectivity index (χ1n) is 8.66. The summed E-state index contributed by atoms with van der Waals surface area (Å²) in [7, 11) is 0. The molecule has 1 aromatic carbocycles. The van der Waals surface area contributed by atoms with Crippen molar-refractivity contribution < 1.29 is 9.53 Å².